The van der Waals surface area contributed by atoms with E-state index in [1.807, 2.05) is 19.9 Å². The maximum Gasteiger partial charge on any atom is 0.223 e. The highest BCUT2D eigenvalue weighted by Crippen LogP contribution is 2.06. The summed E-state index contributed by atoms with van der Waals surface area (Å²) in [6.45, 7) is 6.68. The molecule has 1 N–H and O–H groups in total. The van der Waals surface area contributed by atoms with E-state index in [9.17, 15) is 0 Å². The number of alkyl halides is 1. The second-order valence-corrected chi connectivity index (χ2v) is 3.98. The van der Waals surface area contributed by atoms with Crippen LogP contribution in [0.1, 0.15) is 24.7 Å². The molecule has 1 aromatic rings. The van der Waals surface area contributed by atoms with Crippen molar-refractivity contribution in [1.82, 2.24) is 9.97 Å². The predicted molar refractivity (Wildman–Crippen MR) is 59.9 cm³/mol. The van der Waals surface area contributed by atoms with Crippen molar-refractivity contribution in [3.8, 4) is 0 Å². The summed E-state index contributed by atoms with van der Waals surface area (Å²) in [5.74, 6) is 0.668. The fourth-order valence-electron chi connectivity index (χ4n) is 1.15. The summed E-state index contributed by atoms with van der Waals surface area (Å²) in [5, 5.41) is 3.26. The van der Waals surface area contributed by atoms with Gasteiger partial charge < -0.3 is 5.32 Å². The van der Waals surface area contributed by atoms with E-state index in [1.54, 1.807) is 0 Å². The van der Waals surface area contributed by atoms with E-state index in [0.717, 1.165) is 17.8 Å². The highest BCUT2D eigenvalue weighted by molar-refractivity contribution is 6.20. The first-order valence-electron chi connectivity index (χ1n) is 4.82. The fourth-order valence-corrected chi connectivity index (χ4v) is 1.23. The maximum absolute atomic E-state index is 5.98. The molecular weight excluding hydrogens is 198 g/mol. The molecule has 0 fully saturated rings. The zero-order chi connectivity index (χ0) is 10.6. The molecule has 1 heterocycles. The summed E-state index contributed by atoms with van der Waals surface area (Å²) in [6.07, 6.45) is 0.944. The highest BCUT2D eigenvalue weighted by atomic mass is 35.5. The van der Waals surface area contributed by atoms with Crippen LogP contribution in [0.4, 0.5) is 5.95 Å². The van der Waals surface area contributed by atoms with E-state index in [0.29, 0.717) is 12.5 Å². The van der Waals surface area contributed by atoms with E-state index in [4.69, 9.17) is 11.6 Å². The largest absolute Gasteiger partial charge is 0.353 e. The van der Waals surface area contributed by atoms with Crippen molar-refractivity contribution in [2.75, 3.05) is 11.9 Å². The standard InChI is InChI=1S/C10H16ClN3/c1-4-9(11)6-12-10-13-7(2)5-8(3)14-10/h5,9H,4,6H2,1-3H3,(H,12,13,14). The molecule has 1 atom stereocenters. The van der Waals surface area contributed by atoms with Gasteiger partial charge in [-0.1, -0.05) is 6.92 Å². The van der Waals surface area contributed by atoms with Gasteiger partial charge in [0.25, 0.3) is 0 Å². The van der Waals surface area contributed by atoms with E-state index < -0.39 is 0 Å². The number of nitrogens with zero attached hydrogens (tertiary/aromatic N) is 2. The highest BCUT2D eigenvalue weighted by Gasteiger charge is 2.03. The number of anilines is 1. The molecule has 0 bridgehead atoms. The van der Waals surface area contributed by atoms with Gasteiger partial charge in [-0.25, -0.2) is 9.97 Å². The van der Waals surface area contributed by atoms with Gasteiger partial charge in [0.2, 0.25) is 5.95 Å². The van der Waals surface area contributed by atoms with Crippen LogP contribution in [-0.4, -0.2) is 21.9 Å². The van der Waals surface area contributed by atoms with Crippen molar-refractivity contribution in [3.05, 3.63) is 17.5 Å². The summed E-state index contributed by atoms with van der Waals surface area (Å²) in [5.41, 5.74) is 1.95. The molecule has 3 nitrogen and oxygen atoms in total. The molecule has 78 valence electrons. The van der Waals surface area contributed by atoms with Crippen LogP contribution in [0.5, 0.6) is 0 Å². The minimum absolute atomic E-state index is 0.138. The lowest BCUT2D eigenvalue weighted by Crippen LogP contribution is -2.15. The van der Waals surface area contributed by atoms with Crippen molar-refractivity contribution < 1.29 is 0 Å². The summed E-state index contributed by atoms with van der Waals surface area (Å²) >= 11 is 5.98. The normalized spacial score (nSPS) is 12.6. The summed E-state index contributed by atoms with van der Waals surface area (Å²) < 4.78 is 0. The zero-order valence-corrected chi connectivity index (χ0v) is 9.60. The lowest BCUT2D eigenvalue weighted by atomic mass is 10.3. The van der Waals surface area contributed by atoms with E-state index in [-0.39, 0.29) is 5.38 Å². The Morgan fingerprint density at radius 2 is 1.93 bits per heavy atom. The monoisotopic (exact) mass is 213 g/mol. The minimum Gasteiger partial charge on any atom is -0.353 e. The number of rotatable bonds is 4. The molecule has 0 aliphatic rings. The van der Waals surface area contributed by atoms with Crippen LogP contribution in [0, 0.1) is 13.8 Å². The van der Waals surface area contributed by atoms with Crippen LogP contribution < -0.4 is 5.32 Å². The molecule has 0 aromatic carbocycles. The predicted octanol–water partition coefficient (Wildman–Crippen LogP) is 2.52. The molecule has 4 heteroatoms. The zero-order valence-electron chi connectivity index (χ0n) is 8.84. The third-order valence-corrected chi connectivity index (χ3v) is 2.37. The first kappa shape index (κ1) is 11.2. The minimum atomic E-state index is 0.138. The summed E-state index contributed by atoms with van der Waals surface area (Å²) in [6, 6.07) is 1.95. The Balaban J connectivity index is 2.58. The van der Waals surface area contributed by atoms with E-state index in [1.165, 1.54) is 0 Å². The van der Waals surface area contributed by atoms with Crippen LogP contribution in [-0.2, 0) is 0 Å². The van der Waals surface area contributed by atoms with Crippen molar-refractivity contribution in [2.45, 2.75) is 32.6 Å². The van der Waals surface area contributed by atoms with Gasteiger partial charge in [0.05, 0.1) is 5.38 Å². The molecule has 0 aliphatic carbocycles. The smallest absolute Gasteiger partial charge is 0.223 e. The second kappa shape index (κ2) is 5.15. The van der Waals surface area contributed by atoms with Crippen molar-refractivity contribution >= 4 is 17.5 Å². The molecule has 0 amide bonds. The van der Waals surface area contributed by atoms with Gasteiger partial charge >= 0.3 is 0 Å². The average molecular weight is 214 g/mol. The fraction of sp³-hybridized carbons (Fsp3) is 0.600. The van der Waals surface area contributed by atoms with Crippen molar-refractivity contribution in [1.29, 1.82) is 0 Å². The summed E-state index contributed by atoms with van der Waals surface area (Å²) in [7, 11) is 0. The maximum atomic E-state index is 5.98. The quantitative estimate of drug-likeness (QED) is 0.782. The Morgan fingerprint density at radius 3 is 2.43 bits per heavy atom. The molecule has 1 rings (SSSR count). The SMILES string of the molecule is CCC(Cl)CNc1nc(C)cc(C)n1. The van der Waals surface area contributed by atoms with Crippen LogP contribution in [0.15, 0.2) is 6.07 Å². The molecule has 1 aromatic heterocycles. The summed E-state index contributed by atoms with van der Waals surface area (Å²) in [4.78, 5) is 8.52. The van der Waals surface area contributed by atoms with Gasteiger partial charge in [0, 0.05) is 17.9 Å². The van der Waals surface area contributed by atoms with Crippen LogP contribution >= 0.6 is 11.6 Å². The number of aryl methyl sites for hydroxylation is 2. The Morgan fingerprint density at radius 1 is 1.36 bits per heavy atom. The molecule has 0 saturated carbocycles. The molecule has 0 aliphatic heterocycles. The Hall–Kier alpha value is -0.830. The molecule has 0 radical (unpaired) electrons. The first-order valence-corrected chi connectivity index (χ1v) is 5.25. The first-order chi connectivity index (χ1) is 6.61. The number of aromatic nitrogens is 2. The van der Waals surface area contributed by atoms with Crippen LogP contribution in [0.25, 0.3) is 0 Å². The second-order valence-electron chi connectivity index (χ2n) is 3.36. The Labute approximate surface area is 89.9 Å². The van der Waals surface area contributed by atoms with Crippen LogP contribution in [0.3, 0.4) is 0 Å². The molecule has 1 unspecified atom stereocenters. The topological polar surface area (TPSA) is 37.8 Å². The van der Waals surface area contributed by atoms with Gasteiger partial charge in [-0.15, -0.1) is 11.6 Å². The average Bonchev–Trinajstić information content (AvgIpc) is 2.12. The lowest BCUT2D eigenvalue weighted by Gasteiger charge is -2.09. The lowest BCUT2D eigenvalue weighted by molar-refractivity contribution is 0.833. The van der Waals surface area contributed by atoms with Crippen LogP contribution in [0.2, 0.25) is 0 Å². The van der Waals surface area contributed by atoms with Crippen molar-refractivity contribution in [2.24, 2.45) is 0 Å². The molecule has 0 spiro atoms. The number of hydrogen-bond donors (Lipinski definition) is 1. The van der Waals surface area contributed by atoms with Gasteiger partial charge in [0.1, 0.15) is 0 Å². The molecular formula is C10H16ClN3. The number of nitrogens with one attached hydrogen (secondary N) is 1. The van der Waals surface area contributed by atoms with Gasteiger partial charge in [-0.2, -0.15) is 0 Å². The van der Waals surface area contributed by atoms with Gasteiger partial charge in [-0.3, -0.25) is 0 Å². The van der Waals surface area contributed by atoms with Crippen molar-refractivity contribution in [3.63, 3.8) is 0 Å². The molecule has 0 saturated heterocycles. The van der Waals surface area contributed by atoms with E-state index >= 15 is 0 Å². The number of halogens is 1. The number of hydrogen-bond acceptors (Lipinski definition) is 3. The Bertz CT molecular complexity index is 281. The molecule has 14 heavy (non-hydrogen) atoms. The Kier molecular flexibility index (Phi) is 4.14. The third-order valence-electron chi connectivity index (χ3n) is 1.91. The van der Waals surface area contributed by atoms with E-state index in [2.05, 4.69) is 22.2 Å². The van der Waals surface area contributed by atoms with Gasteiger partial charge in [-0.05, 0) is 26.3 Å². The van der Waals surface area contributed by atoms with Gasteiger partial charge in [0.15, 0.2) is 0 Å². The third kappa shape index (κ3) is 3.50.